The van der Waals surface area contributed by atoms with E-state index < -0.39 is 16.1 Å². The lowest BCUT2D eigenvalue weighted by Crippen LogP contribution is -2.47. The SMILES string of the molecule is Cc1ccc(CNC(=O)C(C)N(Cc2ccc(Cl)cc2)C(=O)CCc2ccc(S(=O)(=O)NC3CC3)cc2)cc1. The molecule has 0 heterocycles. The lowest BCUT2D eigenvalue weighted by Gasteiger charge is -2.29. The van der Waals surface area contributed by atoms with Gasteiger partial charge in [-0.2, -0.15) is 0 Å². The quantitative estimate of drug-likeness (QED) is 0.330. The largest absolute Gasteiger partial charge is 0.350 e. The Labute approximate surface area is 235 Å². The summed E-state index contributed by atoms with van der Waals surface area (Å²) in [5.74, 6) is -0.411. The average Bonchev–Trinajstić information content (AvgIpc) is 3.74. The molecule has 7 nitrogen and oxygen atoms in total. The highest BCUT2D eigenvalue weighted by Crippen LogP contribution is 2.22. The maximum Gasteiger partial charge on any atom is 0.242 e. The Balaban J connectivity index is 1.41. The van der Waals surface area contributed by atoms with E-state index in [9.17, 15) is 18.0 Å². The third-order valence-corrected chi connectivity index (χ3v) is 8.57. The fourth-order valence-electron chi connectivity index (χ4n) is 4.13. The van der Waals surface area contributed by atoms with E-state index in [1.165, 1.54) is 0 Å². The standard InChI is InChI=1S/C30H34ClN3O4S/c1-21-3-5-24(6-4-21)19-32-30(36)22(2)34(20-25-7-12-26(31)13-8-25)29(35)18-11-23-9-16-28(17-10-23)39(37,38)33-27-14-15-27/h3-10,12-13,16-17,22,27,33H,11,14-15,18-20H2,1-2H3,(H,32,36). The van der Waals surface area contributed by atoms with E-state index in [2.05, 4.69) is 10.0 Å². The number of carbonyl (C=O) groups is 2. The molecule has 3 aromatic carbocycles. The molecule has 9 heteroatoms. The smallest absolute Gasteiger partial charge is 0.242 e. The number of rotatable bonds is 12. The molecule has 1 aliphatic rings. The van der Waals surface area contributed by atoms with Crippen LogP contribution in [0.5, 0.6) is 0 Å². The summed E-state index contributed by atoms with van der Waals surface area (Å²) in [4.78, 5) is 28.3. The van der Waals surface area contributed by atoms with Gasteiger partial charge in [-0.15, -0.1) is 0 Å². The van der Waals surface area contributed by atoms with E-state index in [0.717, 1.165) is 35.1 Å². The first-order valence-corrected chi connectivity index (χ1v) is 15.0. The van der Waals surface area contributed by atoms with Crippen LogP contribution in [0, 0.1) is 6.92 Å². The van der Waals surface area contributed by atoms with Gasteiger partial charge in [-0.1, -0.05) is 65.7 Å². The first-order chi connectivity index (χ1) is 18.6. The van der Waals surface area contributed by atoms with Gasteiger partial charge in [-0.3, -0.25) is 9.59 Å². The van der Waals surface area contributed by atoms with Crippen molar-refractivity contribution < 1.29 is 18.0 Å². The Morgan fingerprint density at radius 1 is 0.923 bits per heavy atom. The Bertz CT molecular complexity index is 1390. The van der Waals surface area contributed by atoms with Crippen molar-refractivity contribution in [2.75, 3.05) is 0 Å². The summed E-state index contributed by atoms with van der Waals surface area (Å²) in [6.07, 6.45) is 2.34. The molecule has 4 rings (SSSR count). The number of amides is 2. The Morgan fingerprint density at radius 2 is 1.51 bits per heavy atom. The molecule has 1 saturated carbocycles. The van der Waals surface area contributed by atoms with Crippen LogP contribution in [-0.2, 0) is 39.1 Å². The molecule has 39 heavy (non-hydrogen) atoms. The van der Waals surface area contributed by atoms with Gasteiger partial charge < -0.3 is 10.2 Å². The number of aryl methyl sites for hydroxylation is 2. The number of sulfonamides is 1. The van der Waals surface area contributed by atoms with Gasteiger partial charge in [0.15, 0.2) is 0 Å². The second-order valence-corrected chi connectivity index (χ2v) is 12.2. The molecule has 1 aliphatic carbocycles. The highest BCUT2D eigenvalue weighted by Gasteiger charge is 2.28. The van der Waals surface area contributed by atoms with Gasteiger partial charge in [-0.05, 0) is 74.1 Å². The predicted molar refractivity (Wildman–Crippen MR) is 153 cm³/mol. The van der Waals surface area contributed by atoms with Gasteiger partial charge in [-0.25, -0.2) is 13.1 Å². The summed E-state index contributed by atoms with van der Waals surface area (Å²) in [5, 5.41) is 3.54. The van der Waals surface area contributed by atoms with E-state index >= 15 is 0 Å². The molecule has 0 bridgehead atoms. The normalized spacial score (nSPS) is 14.0. The van der Waals surface area contributed by atoms with Crippen molar-refractivity contribution in [3.05, 3.63) is 100 Å². The van der Waals surface area contributed by atoms with Crippen molar-refractivity contribution in [1.82, 2.24) is 14.9 Å². The maximum absolute atomic E-state index is 13.4. The van der Waals surface area contributed by atoms with E-state index in [0.29, 0.717) is 18.0 Å². The number of hydrogen-bond acceptors (Lipinski definition) is 4. The summed E-state index contributed by atoms with van der Waals surface area (Å²) in [6.45, 7) is 4.37. The van der Waals surface area contributed by atoms with Crippen molar-refractivity contribution in [3.63, 3.8) is 0 Å². The second kappa shape index (κ2) is 12.8. The molecular weight excluding hydrogens is 534 g/mol. The molecular formula is C30H34ClN3O4S. The Morgan fingerprint density at radius 3 is 2.13 bits per heavy atom. The minimum atomic E-state index is -3.52. The number of nitrogens with zero attached hydrogens (tertiary/aromatic N) is 1. The van der Waals surface area contributed by atoms with Crippen LogP contribution in [0.25, 0.3) is 0 Å². The van der Waals surface area contributed by atoms with Gasteiger partial charge >= 0.3 is 0 Å². The molecule has 1 fully saturated rings. The van der Waals surface area contributed by atoms with Crippen molar-refractivity contribution in [2.24, 2.45) is 0 Å². The minimum absolute atomic E-state index is 0.0370. The van der Waals surface area contributed by atoms with Gasteiger partial charge in [0.05, 0.1) is 4.90 Å². The highest BCUT2D eigenvalue weighted by atomic mass is 35.5. The fourth-order valence-corrected chi connectivity index (χ4v) is 5.56. The minimum Gasteiger partial charge on any atom is -0.350 e. The molecule has 0 saturated heterocycles. The summed E-state index contributed by atoms with van der Waals surface area (Å²) in [6, 6.07) is 21.1. The monoisotopic (exact) mass is 567 g/mol. The molecule has 206 valence electrons. The summed E-state index contributed by atoms with van der Waals surface area (Å²) in [5.41, 5.74) is 3.83. The van der Waals surface area contributed by atoms with Crippen molar-refractivity contribution >= 4 is 33.4 Å². The zero-order valence-corrected chi connectivity index (χ0v) is 23.8. The highest BCUT2D eigenvalue weighted by molar-refractivity contribution is 7.89. The number of hydrogen-bond donors (Lipinski definition) is 2. The molecule has 0 aromatic heterocycles. The summed E-state index contributed by atoms with van der Waals surface area (Å²) in [7, 11) is -3.52. The van der Waals surface area contributed by atoms with Crippen LogP contribution in [-0.4, -0.2) is 37.2 Å². The summed E-state index contributed by atoms with van der Waals surface area (Å²) < 4.78 is 27.5. The average molecular weight is 568 g/mol. The van der Waals surface area contributed by atoms with Crippen molar-refractivity contribution in [3.8, 4) is 0 Å². The van der Waals surface area contributed by atoms with Gasteiger partial charge in [0.1, 0.15) is 6.04 Å². The van der Waals surface area contributed by atoms with Gasteiger partial charge in [0.2, 0.25) is 21.8 Å². The zero-order valence-electron chi connectivity index (χ0n) is 22.2. The molecule has 1 atom stereocenters. The zero-order chi connectivity index (χ0) is 28.0. The van der Waals surface area contributed by atoms with E-state index in [-0.39, 0.29) is 35.7 Å². The van der Waals surface area contributed by atoms with Crippen LogP contribution in [0.2, 0.25) is 5.02 Å². The van der Waals surface area contributed by atoms with Crippen molar-refractivity contribution in [1.29, 1.82) is 0 Å². The van der Waals surface area contributed by atoms with Crippen LogP contribution in [0.1, 0.15) is 48.4 Å². The molecule has 2 N–H and O–H groups in total. The topological polar surface area (TPSA) is 95.6 Å². The number of carbonyl (C=O) groups excluding carboxylic acids is 2. The molecule has 3 aromatic rings. The van der Waals surface area contributed by atoms with Crippen LogP contribution in [0.3, 0.4) is 0 Å². The third kappa shape index (κ3) is 8.39. The van der Waals surface area contributed by atoms with Crippen LogP contribution in [0.4, 0.5) is 0 Å². The van der Waals surface area contributed by atoms with E-state index in [4.69, 9.17) is 11.6 Å². The maximum atomic E-state index is 13.4. The molecule has 0 spiro atoms. The fraction of sp³-hybridized carbons (Fsp3) is 0.333. The molecule has 0 radical (unpaired) electrons. The first kappa shape index (κ1) is 28.8. The van der Waals surface area contributed by atoms with Crippen LogP contribution in [0.15, 0.2) is 77.7 Å². The Kier molecular flexibility index (Phi) is 9.43. The van der Waals surface area contributed by atoms with E-state index in [1.807, 2.05) is 43.3 Å². The van der Waals surface area contributed by atoms with E-state index in [1.54, 1.807) is 48.2 Å². The van der Waals surface area contributed by atoms with Crippen LogP contribution >= 0.6 is 11.6 Å². The molecule has 0 aliphatic heterocycles. The third-order valence-electron chi connectivity index (χ3n) is 6.78. The number of benzene rings is 3. The van der Waals surface area contributed by atoms with Gasteiger partial charge in [0.25, 0.3) is 0 Å². The van der Waals surface area contributed by atoms with Crippen molar-refractivity contribution in [2.45, 2.75) is 69.6 Å². The summed E-state index contributed by atoms with van der Waals surface area (Å²) >= 11 is 6.03. The lowest BCUT2D eigenvalue weighted by atomic mass is 10.1. The second-order valence-electron chi connectivity index (χ2n) is 10.1. The first-order valence-electron chi connectivity index (χ1n) is 13.1. The number of halogens is 1. The predicted octanol–water partition coefficient (Wildman–Crippen LogP) is 4.76. The van der Waals surface area contributed by atoms with Gasteiger partial charge in [0, 0.05) is 30.6 Å². The molecule has 2 amide bonds. The number of nitrogens with one attached hydrogen (secondary N) is 2. The molecule has 1 unspecified atom stereocenters. The van der Waals surface area contributed by atoms with Crippen LogP contribution < -0.4 is 10.0 Å². The Hall–Kier alpha value is -3.20. The lowest BCUT2D eigenvalue weighted by molar-refractivity contribution is -0.140.